The van der Waals surface area contributed by atoms with Gasteiger partial charge in [0.25, 0.3) is 0 Å². The molecule has 0 unspecified atom stereocenters. The zero-order chi connectivity index (χ0) is 12.3. The molecule has 1 aliphatic heterocycles. The second-order valence-corrected chi connectivity index (χ2v) is 5.20. The Kier molecular flexibility index (Phi) is 3.73. The first-order chi connectivity index (χ1) is 8.16. The summed E-state index contributed by atoms with van der Waals surface area (Å²) in [6, 6.07) is 3.34. The number of aromatic carboxylic acids is 1. The molecule has 0 bridgehead atoms. The van der Waals surface area contributed by atoms with E-state index in [1.54, 1.807) is 6.07 Å². The number of carboxylic acid groups (broad SMARTS) is 1. The predicted molar refractivity (Wildman–Crippen MR) is 69.6 cm³/mol. The number of anilines is 2. The molecule has 0 saturated carbocycles. The van der Waals surface area contributed by atoms with Crippen LogP contribution >= 0.6 is 11.8 Å². The van der Waals surface area contributed by atoms with E-state index in [2.05, 4.69) is 10.3 Å². The molecule has 0 spiro atoms. The third-order valence-electron chi connectivity index (χ3n) is 2.71. The van der Waals surface area contributed by atoms with E-state index in [4.69, 9.17) is 10.8 Å². The maximum Gasteiger partial charge on any atom is 0.354 e. The smallest absolute Gasteiger partial charge is 0.354 e. The molecule has 0 amide bonds. The molecule has 0 aromatic carbocycles. The van der Waals surface area contributed by atoms with Crippen LogP contribution in [0.4, 0.5) is 11.5 Å². The molecule has 1 aliphatic rings. The van der Waals surface area contributed by atoms with Crippen molar-refractivity contribution in [3.8, 4) is 0 Å². The summed E-state index contributed by atoms with van der Waals surface area (Å²) in [5, 5.41) is 12.1. The van der Waals surface area contributed by atoms with Crippen LogP contribution in [0.5, 0.6) is 0 Å². The topological polar surface area (TPSA) is 88.2 Å². The summed E-state index contributed by atoms with van der Waals surface area (Å²) >= 11 is 1.94. The minimum Gasteiger partial charge on any atom is -0.477 e. The van der Waals surface area contributed by atoms with E-state index in [1.165, 1.54) is 6.07 Å². The van der Waals surface area contributed by atoms with Crippen molar-refractivity contribution in [2.24, 2.45) is 0 Å². The third kappa shape index (κ3) is 3.03. The van der Waals surface area contributed by atoms with E-state index in [0.717, 1.165) is 24.3 Å². The molecular formula is C11H15N3O2S. The Balaban J connectivity index is 2.13. The second kappa shape index (κ2) is 5.27. The molecule has 17 heavy (non-hydrogen) atoms. The zero-order valence-corrected chi connectivity index (χ0v) is 10.2. The molecule has 1 aromatic rings. The lowest BCUT2D eigenvalue weighted by Gasteiger charge is -2.23. The molecule has 2 heterocycles. The van der Waals surface area contributed by atoms with Crippen LogP contribution in [0.1, 0.15) is 23.3 Å². The fourth-order valence-electron chi connectivity index (χ4n) is 1.74. The first-order valence-electron chi connectivity index (χ1n) is 5.51. The summed E-state index contributed by atoms with van der Waals surface area (Å²) in [5.41, 5.74) is 6.30. The summed E-state index contributed by atoms with van der Waals surface area (Å²) in [5.74, 6) is 1.70. The van der Waals surface area contributed by atoms with Crippen LogP contribution in [0.2, 0.25) is 0 Å². The van der Waals surface area contributed by atoms with E-state index in [0.29, 0.717) is 17.5 Å². The highest BCUT2D eigenvalue weighted by atomic mass is 32.2. The number of rotatable bonds is 3. The molecule has 4 N–H and O–H groups in total. The number of aromatic nitrogens is 1. The molecule has 1 fully saturated rings. The van der Waals surface area contributed by atoms with Gasteiger partial charge in [-0.2, -0.15) is 11.8 Å². The molecular weight excluding hydrogens is 238 g/mol. The van der Waals surface area contributed by atoms with Gasteiger partial charge in [0.05, 0.1) is 5.69 Å². The molecule has 1 saturated heterocycles. The molecule has 0 radical (unpaired) electrons. The van der Waals surface area contributed by atoms with Gasteiger partial charge in [0.15, 0.2) is 5.69 Å². The average Bonchev–Trinajstić information content (AvgIpc) is 2.33. The average molecular weight is 253 g/mol. The van der Waals surface area contributed by atoms with Crippen molar-refractivity contribution in [2.75, 3.05) is 22.6 Å². The van der Waals surface area contributed by atoms with Gasteiger partial charge < -0.3 is 16.2 Å². The lowest BCUT2D eigenvalue weighted by molar-refractivity contribution is 0.0690. The van der Waals surface area contributed by atoms with Crippen LogP contribution in [0, 0.1) is 0 Å². The summed E-state index contributed by atoms with van der Waals surface area (Å²) in [6.07, 6.45) is 2.12. The number of nitrogens with two attached hydrogens (primary N) is 1. The van der Waals surface area contributed by atoms with Crippen molar-refractivity contribution in [3.63, 3.8) is 0 Å². The van der Waals surface area contributed by atoms with Gasteiger partial charge in [-0.15, -0.1) is 0 Å². The quantitative estimate of drug-likeness (QED) is 0.759. The van der Waals surface area contributed by atoms with E-state index >= 15 is 0 Å². The molecule has 92 valence electrons. The molecule has 1 aromatic heterocycles. The van der Waals surface area contributed by atoms with Crippen molar-refractivity contribution in [3.05, 3.63) is 17.8 Å². The normalized spacial score (nSPS) is 16.7. The van der Waals surface area contributed by atoms with Gasteiger partial charge >= 0.3 is 5.97 Å². The van der Waals surface area contributed by atoms with E-state index in [9.17, 15) is 4.79 Å². The zero-order valence-electron chi connectivity index (χ0n) is 9.35. The summed E-state index contributed by atoms with van der Waals surface area (Å²) in [7, 11) is 0. The number of hydrogen-bond donors (Lipinski definition) is 3. The van der Waals surface area contributed by atoms with Crippen LogP contribution in [0.25, 0.3) is 0 Å². The van der Waals surface area contributed by atoms with Crippen molar-refractivity contribution >= 4 is 29.2 Å². The maximum atomic E-state index is 10.8. The minimum atomic E-state index is -1.03. The molecule has 2 rings (SSSR count). The number of nitrogen functional groups attached to an aromatic ring is 1. The van der Waals surface area contributed by atoms with Gasteiger partial charge in [0.2, 0.25) is 0 Å². The second-order valence-electron chi connectivity index (χ2n) is 3.97. The molecule has 0 atom stereocenters. The fourth-order valence-corrected chi connectivity index (χ4v) is 2.85. The van der Waals surface area contributed by atoms with Crippen LogP contribution in [-0.2, 0) is 0 Å². The first kappa shape index (κ1) is 12.0. The molecule has 6 heteroatoms. The third-order valence-corrected chi connectivity index (χ3v) is 3.76. The van der Waals surface area contributed by atoms with Gasteiger partial charge in [0, 0.05) is 6.04 Å². The highest BCUT2D eigenvalue weighted by molar-refractivity contribution is 7.99. The van der Waals surface area contributed by atoms with Gasteiger partial charge in [-0.1, -0.05) is 0 Å². The number of hydrogen-bond acceptors (Lipinski definition) is 5. The number of carbonyl (C=O) groups is 1. The minimum absolute atomic E-state index is 0.0203. The van der Waals surface area contributed by atoms with E-state index in [-0.39, 0.29) is 5.69 Å². The Bertz CT molecular complexity index is 419. The Morgan fingerprint density at radius 3 is 2.82 bits per heavy atom. The summed E-state index contributed by atoms with van der Waals surface area (Å²) in [6.45, 7) is 0. The van der Waals surface area contributed by atoms with Gasteiger partial charge in [0.1, 0.15) is 5.82 Å². The number of pyridine rings is 1. The number of nitrogens with zero attached hydrogens (tertiary/aromatic N) is 1. The van der Waals surface area contributed by atoms with Crippen LogP contribution in [-0.4, -0.2) is 33.6 Å². The summed E-state index contributed by atoms with van der Waals surface area (Å²) < 4.78 is 0. The number of thioether (sulfide) groups is 1. The highest BCUT2D eigenvalue weighted by Gasteiger charge is 2.16. The maximum absolute atomic E-state index is 10.8. The lowest BCUT2D eigenvalue weighted by Crippen LogP contribution is -2.25. The standard InChI is InChI=1S/C11H15N3O2S/c12-8-1-2-9(11(15)16)14-10(8)13-7-3-5-17-6-4-7/h1-2,7H,3-6,12H2,(H,13,14)(H,15,16). The molecule has 5 nitrogen and oxygen atoms in total. The Hall–Kier alpha value is -1.43. The van der Waals surface area contributed by atoms with Crippen molar-refractivity contribution < 1.29 is 9.90 Å². The van der Waals surface area contributed by atoms with Crippen LogP contribution in [0.3, 0.4) is 0 Å². The Labute approximate surface area is 104 Å². The van der Waals surface area contributed by atoms with Crippen molar-refractivity contribution in [1.82, 2.24) is 4.98 Å². The monoisotopic (exact) mass is 253 g/mol. The van der Waals surface area contributed by atoms with Crippen LogP contribution < -0.4 is 11.1 Å². The van der Waals surface area contributed by atoms with E-state index in [1.807, 2.05) is 11.8 Å². The molecule has 0 aliphatic carbocycles. The fraction of sp³-hybridized carbons (Fsp3) is 0.455. The first-order valence-corrected chi connectivity index (χ1v) is 6.66. The van der Waals surface area contributed by atoms with Gasteiger partial charge in [-0.3, -0.25) is 0 Å². The number of nitrogens with one attached hydrogen (secondary N) is 1. The van der Waals surface area contributed by atoms with Gasteiger partial charge in [-0.25, -0.2) is 9.78 Å². The van der Waals surface area contributed by atoms with Gasteiger partial charge in [-0.05, 0) is 36.5 Å². The SMILES string of the molecule is Nc1ccc(C(=O)O)nc1NC1CCSCC1. The largest absolute Gasteiger partial charge is 0.477 e. The predicted octanol–water partition coefficient (Wildman–Crippen LogP) is 1.67. The van der Waals surface area contributed by atoms with Crippen LogP contribution in [0.15, 0.2) is 12.1 Å². The Morgan fingerprint density at radius 1 is 1.47 bits per heavy atom. The van der Waals surface area contributed by atoms with Crippen molar-refractivity contribution in [1.29, 1.82) is 0 Å². The summed E-state index contributed by atoms with van der Waals surface area (Å²) in [4.78, 5) is 14.8. The van der Waals surface area contributed by atoms with E-state index < -0.39 is 5.97 Å². The number of carboxylic acids is 1. The Morgan fingerprint density at radius 2 is 2.18 bits per heavy atom. The highest BCUT2D eigenvalue weighted by Crippen LogP contribution is 2.23. The lowest BCUT2D eigenvalue weighted by atomic mass is 10.1. The van der Waals surface area contributed by atoms with Crippen molar-refractivity contribution in [2.45, 2.75) is 18.9 Å².